The molecule has 1 fully saturated rings. The van der Waals surface area contributed by atoms with Crippen LogP contribution >= 0.6 is 0 Å². The summed E-state index contributed by atoms with van der Waals surface area (Å²) in [6.45, 7) is 6.18. The quantitative estimate of drug-likeness (QED) is 0.857. The first-order valence-corrected chi connectivity index (χ1v) is 7.47. The van der Waals surface area contributed by atoms with Crippen molar-refractivity contribution in [3.63, 3.8) is 0 Å². The number of likely N-dealkylation sites (tertiary alicyclic amines) is 1. The Labute approximate surface area is 121 Å². The Bertz CT molecular complexity index is 413. The summed E-state index contributed by atoms with van der Waals surface area (Å²) in [6, 6.07) is 8.92. The largest absolute Gasteiger partial charge is 0.353 e. The van der Waals surface area contributed by atoms with E-state index in [-0.39, 0.29) is 5.91 Å². The highest BCUT2D eigenvalue weighted by atomic mass is 16.2. The predicted molar refractivity (Wildman–Crippen MR) is 81.2 cm³/mol. The number of carbonyl (C=O) groups is 1. The molecule has 1 atom stereocenters. The molecule has 1 unspecified atom stereocenters. The SMILES string of the molecule is CC1CCN(CCNC(=O)C(N)c2ccccc2)CC1. The van der Waals surface area contributed by atoms with Gasteiger partial charge >= 0.3 is 0 Å². The molecule has 4 nitrogen and oxygen atoms in total. The van der Waals surface area contributed by atoms with Gasteiger partial charge in [0.25, 0.3) is 0 Å². The second-order valence-corrected chi connectivity index (χ2v) is 5.70. The van der Waals surface area contributed by atoms with Crippen LogP contribution in [0.3, 0.4) is 0 Å². The third kappa shape index (κ3) is 4.32. The topological polar surface area (TPSA) is 58.4 Å². The Balaban J connectivity index is 1.70. The van der Waals surface area contributed by atoms with Crippen molar-refractivity contribution in [2.45, 2.75) is 25.8 Å². The molecule has 1 aliphatic rings. The van der Waals surface area contributed by atoms with E-state index in [2.05, 4.69) is 17.1 Å². The zero-order valence-electron chi connectivity index (χ0n) is 12.2. The Morgan fingerprint density at radius 3 is 2.65 bits per heavy atom. The molecule has 1 aromatic carbocycles. The maximum Gasteiger partial charge on any atom is 0.241 e. The number of benzene rings is 1. The maximum atomic E-state index is 12.0. The molecule has 1 aromatic rings. The third-order valence-corrected chi connectivity index (χ3v) is 4.04. The fraction of sp³-hybridized carbons (Fsp3) is 0.562. The minimum atomic E-state index is -0.572. The van der Waals surface area contributed by atoms with Crippen LogP contribution in [0.2, 0.25) is 0 Å². The van der Waals surface area contributed by atoms with Crippen LogP contribution in [0.5, 0.6) is 0 Å². The summed E-state index contributed by atoms with van der Waals surface area (Å²) in [7, 11) is 0. The molecule has 20 heavy (non-hydrogen) atoms. The van der Waals surface area contributed by atoms with Crippen molar-refractivity contribution in [1.82, 2.24) is 10.2 Å². The van der Waals surface area contributed by atoms with Gasteiger partial charge in [0.05, 0.1) is 0 Å². The highest BCUT2D eigenvalue weighted by Crippen LogP contribution is 2.15. The molecular weight excluding hydrogens is 250 g/mol. The van der Waals surface area contributed by atoms with Crippen molar-refractivity contribution < 1.29 is 4.79 Å². The molecule has 0 spiro atoms. The van der Waals surface area contributed by atoms with E-state index in [1.807, 2.05) is 30.3 Å². The maximum absolute atomic E-state index is 12.0. The van der Waals surface area contributed by atoms with Crippen molar-refractivity contribution in [3.05, 3.63) is 35.9 Å². The number of amides is 1. The second-order valence-electron chi connectivity index (χ2n) is 5.70. The fourth-order valence-electron chi connectivity index (χ4n) is 2.54. The van der Waals surface area contributed by atoms with E-state index in [9.17, 15) is 4.79 Å². The van der Waals surface area contributed by atoms with Crippen molar-refractivity contribution in [3.8, 4) is 0 Å². The summed E-state index contributed by atoms with van der Waals surface area (Å²) in [5, 5.41) is 2.93. The van der Waals surface area contributed by atoms with Gasteiger partial charge in [-0.2, -0.15) is 0 Å². The number of hydrogen-bond donors (Lipinski definition) is 2. The Kier molecular flexibility index (Phi) is 5.56. The number of carbonyl (C=O) groups excluding carboxylic acids is 1. The summed E-state index contributed by atoms with van der Waals surface area (Å²) in [5.74, 6) is 0.744. The molecule has 0 radical (unpaired) electrons. The Morgan fingerprint density at radius 1 is 1.35 bits per heavy atom. The van der Waals surface area contributed by atoms with Gasteiger partial charge in [-0.15, -0.1) is 0 Å². The van der Waals surface area contributed by atoms with Gasteiger partial charge in [-0.25, -0.2) is 0 Å². The van der Waals surface area contributed by atoms with E-state index < -0.39 is 6.04 Å². The van der Waals surface area contributed by atoms with Gasteiger partial charge in [-0.1, -0.05) is 37.3 Å². The minimum absolute atomic E-state index is 0.0958. The van der Waals surface area contributed by atoms with E-state index in [1.165, 1.54) is 12.8 Å². The lowest BCUT2D eigenvalue weighted by Crippen LogP contribution is -2.41. The molecule has 110 valence electrons. The molecule has 0 aliphatic carbocycles. The van der Waals surface area contributed by atoms with Crippen LogP contribution in [-0.2, 0) is 4.79 Å². The van der Waals surface area contributed by atoms with E-state index in [1.54, 1.807) is 0 Å². The number of rotatable bonds is 5. The average Bonchev–Trinajstić information content (AvgIpc) is 2.49. The Hall–Kier alpha value is -1.39. The summed E-state index contributed by atoms with van der Waals surface area (Å²) in [6.07, 6.45) is 2.52. The van der Waals surface area contributed by atoms with Crippen LogP contribution in [-0.4, -0.2) is 37.0 Å². The van der Waals surface area contributed by atoms with Crippen LogP contribution < -0.4 is 11.1 Å². The third-order valence-electron chi connectivity index (χ3n) is 4.04. The molecule has 1 aliphatic heterocycles. The molecule has 1 saturated heterocycles. The monoisotopic (exact) mass is 275 g/mol. The number of nitrogens with two attached hydrogens (primary N) is 1. The van der Waals surface area contributed by atoms with Crippen molar-refractivity contribution in [2.24, 2.45) is 11.7 Å². The summed E-state index contributed by atoms with van der Waals surface area (Å²) < 4.78 is 0. The molecule has 0 bridgehead atoms. The van der Waals surface area contributed by atoms with Crippen molar-refractivity contribution in [2.75, 3.05) is 26.2 Å². The average molecular weight is 275 g/mol. The second kappa shape index (κ2) is 7.41. The number of piperidine rings is 1. The van der Waals surface area contributed by atoms with Crippen LogP contribution in [0.15, 0.2) is 30.3 Å². The van der Waals surface area contributed by atoms with Crippen LogP contribution in [0.25, 0.3) is 0 Å². The fourth-order valence-corrected chi connectivity index (χ4v) is 2.54. The van der Waals surface area contributed by atoms with Crippen LogP contribution in [0.1, 0.15) is 31.4 Å². The van der Waals surface area contributed by atoms with E-state index in [4.69, 9.17) is 5.73 Å². The highest BCUT2D eigenvalue weighted by molar-refractivity contribution is 5.82. The molecule has 1 heterocycles. The van der Waals surface area contributed by atoms with Crippen LogP contribution in [0.4, 0.5) is 0 Å². The van der Waals surface area contributed by atoms with Gasteiger partial charge in [-0.3, -0.25) is 4.79 Å². The normalized spacial score (nSPS) is 18.7. The predicted octanol–water partition coefficient (Wildman–Crippen LogP) is 1.53. The number of nitrogens with zero attached hydrogens (tertiary/aromatic N) is 1. The lowest BCUT2D eigenvalue weighted by Gasteiger charge is -2.30. The number of nitrogens with one attached hydrogen (secondary N) is 1. The van der Waals surface area contributed by atoms with Gasteiger partial charge in [0.1, 0.15) is 6.04 Å². The summed E-state index contributed by atoms with van der Waals surface area (Å²) in [4.78, 5) is 14.4. The van der Waals surface area contributed by atoms with E-state index >= 15 is 0 Å². The van der Waals surface area contributed by atoms with Crippen molar-refractivity contribution >= 4 is 5.91 Å². The number of hydrogen-bond acceptors (Lipinski definition) is 3. The first-order chi connectivity index (χ1) is 9.66. The summed E-state index contributed by atoms with van der Waals surface area (Å²) in [5.41, 5.74) is 6.81. The summed E-state index contributed by atoms with van der Waals surface area (Å²) >= 11 is 0. The first kappa shape index (κ1) is 15.0. The molecule has 3 N–H and O–H groups in total. The smallest absolute Gasteiger partial charge is 0.241 e. The van der Waals surface area contributed by atoms with Gasteiger partial charge in [0.2, 0.25) is 5.91 Å². The van der Waals surface area contributed by atoms with Gasteiger partial charge < -0.3 is 16.0 Å². The van der Waals surface area contributed by atoms with Crippen molar-refractivity contribution in [1.29, 1.82) is 0 Å². The lowest BCUT2D eigenvalue weighted by molar-refractivity contribution is -0.122. The van der Waals surface area contributed by atoms with E-state index in [0.29, 0.717) is 6.54 Å². The van der Waals surface area contributed by atoms with Gasteiger partial charge in [0.15, 0.2) is 0 Å². The molecule has 4 heteroatoms. The standard InChI is InChI=1S/C16H25N3O/c1-13-7-10-19(11-8-13)12-9-18-16(20)15(17)14-5-3-2-4-6-14/h2-6,13,15H,7-12,17H2,1H3,(H,18,20). The highest BCUT2D eigenvalue weighted by Gasteiger charge is 2.17. The molecular formula is C16H25N3O. The minimum Gasteiger partial charge on any atom is -0.353 e. The Morgan fingerprint density at radius 2 is 2.00 bits per heavy atom. The van der Waals surface area contributed by atoms with Gasteiger partial charge in [0, 0.05) is 13.1 Å². The molecule has 2 rings (SSSR count). The first-order valence-electron chi connectivity index (χ1n) is 7.47. The zero-order valence-corrected chi connectivity index (χ0v) is 12.2. The molecule has 1 amide bonds. The zero-order chi connectivity index (χ0) is 14.4. The molecule has 0 saturated carbocycles. The van der Waals surface area contributed by atoms with Crippen LogP contribution in [0, 0.1) is 5.92 Å². The van der Waals surface area contributed by atoms with E-state index in [0.717, 1.165) is 31.1 Å². The lowest BCUT2D eigenvalue weighted by atomic mass is 9.99. The van der Waals surface area contributed by atoms with Gasteiger partial charge in [-0.05, 0) is 37.4 Å². The molecule has 0 aromatic heterocycles.